The Morgan fingerprint density at radius 1 is 1.11 bits per heavy atom. The van der Waals surface area contributed by atoms with E-state index in [4.69, 9.17) is 19.2 Å². The molecule has 0 bridgehead atoms. The van der Waals surface area contributed by atoms with E-state index in [-0.39, 0.29) is 6.79 Å². The number of H-pyrrole nitrogens is 1. The van der Waals surface area contributed by atoms with Crippen LogP contribution in [0.1, 0.15) is 18.3 Å². The Kier molecular flexibility index (Phi) is 4.69. The van der Waals surface area contributed by atoms with Gasteiger partial charge in [-0.15, -0.1) is 0 Å². The van der Waals surface area contributed by atoms with Crippen LogP contribution in [-0.2, 0) is 16.9 Å². The van der Waals surface area contributed by atoms with E-state index in [1.807, 2.05) is 18.2 Å². The number of aromatic amines is 1. The summed E-state index contributed by atoms with van der Waals surface area (Å²) in [4.78, 5) is 19.8. The molecule has 1 saturated heterocycles. The molecule has 0 amide bonds. The minimum atomic E-state index is 0.285. The molecule has 1 fully saturated rings. The highest BCUT2D eigenvalue weighted by Gasteiger charge is 2.20. The molecule has 1 N–H and O–H groups in total. The summed E-state index contributed by atoms with van der Waals surface area (Å²) in [6, 6.07) is 6.01. The predicted molar refractivity (Wildman–Crippen MR) is 106 cm³/mol. The van der Waals surface area contributed by atoms with Crippen LogP contribution in [-0.4, -0.2) is 53.0 Å². The van der Waals surface area contributed by atoms with Gasteiger partial charge in [0, 0.05) is 25.3 Å². The standard InChI is InChI=1S/C19H21N5O3S/c1-2-15-20-16-17(21-15)22-19(23-18(16)24-5-7-25-8-6-24)28-10-12-3-4-13-14(9-12)27-11-26-13/h3-4,9H,2,5-8,10-11H2,1H3,(H,20,21,22,23). The first-order valence-corrected chi connectivity index (χ1v) is 10.4. The number of imidazole rings is 1. The summed E-state index contributed by atoms with van der Waals surface area (Å²) in [5.41, 5.74) is 2.77. The van der Waals surface area contributed by atoms with E-state index in [0.29, 0.717) is 13.2 Å². The van der Waals surface area contributed by atoms with Crippen molar-refractivity contribution >= 4 is 28.7 Å². The second kappa shape index (κ2) is 7.48. The number of benzene rings is 1. The van der Waals surface area contributed by atoms with E-state index < -0.39 is 0 Å². The van der Waals surface area contributed by atoms with Gasteiger partial charge >= 0.3 is 0 Å². The molecule has 2 aliphatic heterocycles. The van der Waals surface area contributed by atoms with E-state index in [1.54, 1.807) is 11.8 Å². The van der Waals surface area contributed by atoms with Gasteiger partial charge in [0.05, 0.1) is 13.2 Å². The normalized spacial score (nSPS) is 16.1. The average molecular weight is 399 g/mol. The quantitative estimate of drug-likeness (QED) is 0.518. The Morgan fingerprint density at radius 3 is 2.82 bits per heavy atom. The number of morpholine rings is 1. The number of aryl methyl sites for hydroxylation is 1. The fourth-order valence-corrected chi connectivity index (χ4v) is 4.10. The van der Waals surface area contributed by atoms with E-state index in [0.717, 1.165) is 70.3 Å². The van der Waals surface area contributed by atoms with Crippen molar-refractivity contribution in [2.45, 2.75) is 24.3 Å². The van der Waals surface area contributed by atoms with Crippen LogP contribution in [0.15, 0.2) is 23.4 Å². The Labute approximate surface area is 166 Å². The predicted octanol–water partition coefficient (Wildman–Crippen LogP) is 2.77. The molecular formula is C19H21N5O3S. The van der Waals surface area contributed by atoms with Crippen LogP contribution >= 0.6 is 11.8 Å². The van der Waals surface area contributed by atoms with E-state index >= 15 is 0 Å². The molecule has 8 nitrogen and oxygen atoms in total. The lowest BCUT2D eigenvalue weighted by Crippen LogP contribution is -2.37. The lowest BCUT2D eigenvalue weighted by Gasteiger charge is -2.28. The molecule has 0 spiro atoms. The third-order valence-corrected chi connectivity index (χ3v) is 5.73. The number of rotatable bonds is 5. The molecule has 0 radical (unpaired) electrons. The fraction of sp³-hybridized carbons (Fsp3) is 0.421. The second-order valence-corrected chi connectivity index (χ2v) is 7.58. The summed E-state index contributed by atoms with van der Waals surface area (Å²) < 4.78 is 16.3. The number of nitrogens with zero attached hydrogens (tertiary/aromatic N) is 4. The molecule has 0 saturated carbocycles. The van der Waals surface area contributed by atoms with Crippen molar-refractivity contribution in [2.24, 2.45) is 0 Å². The van der Waals surface area contributed by atoms with Crippen molar-refractivity contribution in [1.82, 2.24) is 19.9 Å². The minimum Gasteiger partial charge on any atom is -0.454 e. The van der Waals surface area contributed by atoms with Crippen molar-refractivity contribution in [2.75, 3.05) is 38.0 Å². The van der Waals surface area contributed by atoms with Gasteiger partial charge in [-0.2, -0.15) is 0 Å². The van der Waals surface area contributed by atoms with Gasteiger partial charge in [-0.1, -0.05) is 24.8 Å². The fourth-order valence-electron chi connectivity index (χ4n) is 3.33. The Balaban J connectivity index is 1.43. The maximum absolute atomic E-state index is 5.49. The van der Waals surface area contributed by atoms with Crippen LogP contribution in [0.25, 0.3) is 11.2 Å². The number of anilines is 1. The molecule has 3 aromatic rings. The van der Waals surface area contributed by atoms with Crippen LogP contribution in [0.2, 0.25) is 0 Å². The number of hydrogen-bond donors (Lipinski definition) is 1. The van der Waals surface area contributed by atoms with Crippen LogP contribution in [0.3, 0.4) is 0 Å². The highest BCUT2D eigenvalue weighted by Crippen LogP contribution is 2.34. The number of hydrogen-bond acceptors (Lipinski definition) is 8. The smallest absolute Gasteiger partial charge is 0.231 e. The van der Waals surface area contributed by atoms with Gasteiger partial charge < -0.3 is 24.1 Å². The van der Waals surface area contributed by atoms with Crippen LogP contribution in [0, 0.1) is 0 Å². The van der Waals surface area contributed by atoms with Gasteiger partial charge in [-0.05, 0) is 17.7 Å². The summed E-state index contributed by atoms with van der Waals surface area (Å²) in [5.74, 6) is 4.17. The molecule has 2 aromatic heterocycles. The van der Waals surface area contributed by atoms with E-state index in [1.165, 1.54) is 0 Å². The second-order valence-electron chi connectivity index (χ2n) is 6.64. The lowest BCUT2D eigenvalue weighted by atomic mass is 10.2. The summed E-state index contributed by atoms with van der Waals surface area (Å²) in [6.07, 6.45) is 0.832. The van der Waals surface area contributed by atoms with Gasteiger partial charge in [-0.3, -0.25) is 0 Å². The molecule has 1 aromatic carbocycles. The number of thioether (sulfide) groups is 1. The monoisotopic (exact) mass is 399 g/mol. The largest absolute Gasteiger partial charge is 0.454 e. The summed E-state index contributed by atoms with van der Waals surface area (Å²) >= 11 is 1.60. The first-order chi connectivity index (χ1) is 13.8. The highest BCUT2D eigenvalue weighted by molar-refractivity contribution is 7.98. The molecular weight excluding hydrogens is 378 g/mol. The number of ether oxygens (including phenoxy) is 3. The maximum Gasteiger partial charge on any atom is 0.231 e. The van der Waals surface area contributed by atoms with Crippen molar-refractivity contribution in [1.29, 1.82) is 0 Å². The summed E-state index contributed by atoms with van der Waals surface area (Å²) in [7, 11) is 0. The Morgan fingerprint density at radius 2 is 1.96 bits per heavy atom. The average Bonchev–Trinajstić information content (AvgIpc) is 3.38. The Bertz CT molecular complexity index is 1000. The molecule has 4 heterocycles. The topological polar surface area (TPSA) is 85.4 Å². The first kappa shape index (κ1) is 17.6. The number of fused-ring (bicyclic) bond motifs is 2. The maximum atomic E-state index is 5.49. The van der Waals surface area contributed by atoms with Crippen molar-refractivity contribution < 1.29 is 14.2 Å². The van der Waals surface area contributed by atoms with Crippen molar-refractivity contribution in [3.63, 3.8) is 0 Å². The van der Waals surface area contributed by atoms with Gasteiger partial charge in [0.2, 0.25) is 6.79 Å². The Hall–Kier alpha value is -2.52. The van der Waals surface area contributed by atoms with Crippen molar-refractivity contribution in [3.8, 4) is 11.5 Å². The first-order valence-electron chi connectivity index (χ1n) is 9.41. The molecule has 28 heavy (non-hydrogen) atoms. The zero-order valence-corrected chi connectivity index (χ0v) is 16.4. The molecule has 0 aliphatic carbocycles. The third kappa shape index (κ3) is 3.35. The van der Waals surface area contributed by atoms with Gasteiger partial charge in [-0.25, -0.2) is 15.0 Å². The molecule has 0 atom stereocenters. The van der Waals surface area contributed by atoms with Crippen LogP contribution in [0.5, 0.6) is 11.5 Å². The van der Waals surface area contributed by atoms with Gasteiger partial charge in [0.15, 0.2) is 28.1 Å². The zero-order chi connectivity index (χ0) is 18.9. The lowest BCUT2D eigenvalue weighted by molar-refractivity contribution is 0.122. The van der Waals surface area contributed by atoms with E-state index in [9.17, 15) is 0 Å². The molecule has 2 aliphatic rings. The van der Waals surface area contributed by atoms with Crippen LogP contribution < -0.4 is 14.4 Å². The van der Waals surface area contributed by atoms with E-state index in [2.05, 4.69) is 26.8 Å². The minimum absolute atomic E-state index is 0.285. The number of aromatic nitrogens is 4. The van der Waals surface area contributed by atoms with Gasteiger partial charge in [0.1, 0.15) is 11.3 Å². The van der Waals surface area contributed by atoms with Crippen LogP contribution in [0.4, 0.5) is 5.82 Å². The molecule has 0 unspecified atom stereocenters. The molecule has 9 heteroatoms. The van der Waals surface area contributed by atoms with Gasteiger partial charge in [0.25, 0.3) is 0 Å². The molecule has 5 rings (SSSR count). The van der Waals surface area contributed by atoms with Crippen molar-refractivity contribution in [3.05, 3.63) is 29.6 Å². The third-order valence-electron chi connectivity index (χ3n) is 4.81. The molecule has 146 valence electrons. The summed E-state index contributed by atoms with van der Waals surface area (Å²) in [5, 5.41) is 0.723. The number of nitrogens with one attached hydrogen (secondary N) is 1. The zero-order valence-electron chi connectivity index (χ0n) is 15.6. The highest BCUT2D eigenvalue weighted by atomic mass is 32.2. The SMILES string of the molecule is CCc1nc2nc(SCc3ccc4c(c3)OCO4)nc(N3CCOCC3)c2[nH]1. The summed E-state index contributed by atoms with van der Waals surface area (Å²) in [6.45, 7) is 5.42.